The van der Waals surface area contributed by atoms with Gasteiger partial charge in [0, 0.05) is 6.61 Å². The molecule has 2 atom stereocenters. The predicted octanol–water partition coefficient (Wildman–Crippen LogP) is 1.25. The predicted molar refractivity (Wildman–Crippen MR) is 28.9 cm³/mol. The van der Waals surface area contributed by atoms with Gasteiger partial charge in [0.2, 0.25) is 0 Å². The zero-order chi connectivity index (χ0) is 5.28. The standard InChI is InChI=1S/C6H11O/c1-5(2)6-3-4-7-6/h5-6H,1,3-4H2,2H3. The van der Waals surface area contributed by atoms with Crippen LogP contribution in [-0.2, 0) is 4.74 Å². The van der Waals surface area contributed by atoms with Crippen molar-refractivity contribution in [2.24, 2.45) is 5.92 Å². The van der Waals surface area contributed by atoms with Gasteiger partial charge in [0.1, 0.15) is 0 Å². The summed E-state index contributed by atoms with van der Waals surface area (Å²) in [6, 6.07) is 0. The summed E-state index contributed by atoms with van der Waals surface area (Å²) in [5.41, 5.74) is 0. The monoisotopic (exact) mass is 99.1 g/mol. The van der Waals surface area contributed by atoms with Crippen LogP contribution in [0.1, 0.15) is 13.3 Å². The van der Waals surface area contributed by atoms with E-state index >= 15 is 0 Å². The van der Waals surface area contributed by atoms with Crippen LogP contribution in [0.2, 0.25) is 0 Å². The molecule has 1 heterocycles. The van der Waals surface area contributed by atoms with Crippen molar-refractivity contribution in [1.29, 1.82) is 0 Å². The molecule has 0 aromatic carbocycles. The molecule has 0 aromatic rings. The van der Waals surface area contributed by atoms with E-state index in [-0.39, 0.29) is 0 Å². The fourth-order valence-electron chi connectivity index (χ4n) is 0.703. The molecule has 1 radical (unpaired) electrons. The Morgan fingerprint density at radius 1 is 1.86 bits per heavy atom. The summed E-state index contributed by atoms with van der Waals surface area (Å²) in [7, 11) is 0. The van der Waals surface area contributed by atoms with Crippen LogP contribution in [0.15, 0.2) is 0 Å². The Morgan fingerprint density at radius 3 is 2.43 bits per heavy atom. The molecule has 1 fully saturated rings. The lowest BCUT2D eigenvalue weighted by Gasteiger charge is -2.29. The Hall–Kier alpha value is -0.0400. The molecule has 1 rings (SSSR count). The molecule has 1 saturated heterocycles. The summed E-state index contributed by atoms with van der Waals surface area (Å²) in [4.78, 5) is 0. The van der Waals surface area contributed by atoms with Crippen LogP contribution >= 0.6 is 0 Å². The maximum Gasteiger partial charge on any atom is 0.0622 e. The zero-order valence-electron chi connectivity index (χ0n) is 4.68. The Morgan fingerprint density at radius 2 is 2.43 bits per heavy atom. The summed E-state index contributed by atoms with van der Waals surface area (Å²) in [5.74, 6) is 0.480. The molecule has 0 aromatic heterocycles. The molecule has 0 saturated carbocycles. The van der Waals surface area contributed by atoms with Crippen LogP contribution in [0, 0.1) is 12.8 Å². The minimum Gasteiger partial charge on any atom is -0.378 e. The normalized spacial score (nSPS) is 30.4. The minimum atomic E-state index is 0.472. The summed E-state index contributed by atoms with van der Waals surface area (Å²) < 4.78 is 5.13. The molecule has 0 amide bonds. The molecule has 1 aliphatic rings. The fraction of sp³-hybridized carbons (Fsp3) is 0.833. The first-order valence-corrected chi connectivity index (χ1v) is 2.75. The second-order valence-corrected chi connectivity index (χ2v) is 2.18. The number of hydrogen-bond donors (Lipinski definition) is 0. The first-order chi connectivity index (χ1) is 3.30. The fourth-order valence-corrected chi connectivity index (χ4v) is 0.703. The maximum atomic E-state index is 5.13. The average Bonchev–Trinajstić information content (AvgIpc) is 1.23. The Bertz CT molecular complexity index is 55.2. The molecule has 0 spiro atoms. The lowest BCUT2D eigenvalue weighted by Crippen LogP contribution is -2.31. The van der Waals surface area contributed by atoms with Crippen molar-refractivity contribution in [2.75, 3.05) is 6.61 Å². The van der Waals surface area contributed by atoms with Crippen molar-refractivity contribution >= 4 is 0 Å². The van der Waals surface area contributed by atoms with E-state index in [1.807, 2.05) is 0 Å². The van der Waals surface area contributed by atoms with Crippen LogP contribution in [0.4, 0.5) is 0 Å². The first-order valence-electron chi connectivity index (χ1n) is 2.75. The highest BCUT2D eigenvalue weighted by molar-refractivity contribution is 4.73. The van der Waals surface area contributed by atoms with Gasteiger partial charge in [0.05, 0.1) is 6.10 Å². The van der Waals surface area contributed by atoms with Gasteiger partial charge in [-0.3, -0.25) is 0 Å². The molecular weight excluding hydrogens is 88.1 g/mol. The Labute approximate surface area is 44.7 Å². The molecule has 2 unspecified atom stereocenters. The molecule has 1 aliphatic heterocycles. The van der Waals surface area contributed by atoms with Crippen molar-refractivity contribution in [2.45, 2.75) is 19.4 Å². The van der Waals surface area contributed by atoms with E-state index in [0.29, 0.717) is 12.0 Å². The third-order valence-corrected chi connectivity index (χ3v) is 1.37. The third kappa shape index (κ3) is 0.942. The minimum absolute atomic E-state index is 0.472. The maximum absolute atomic E-state index is 5.13. The second-order valence-electron chi connectivity index (χ2n) is 2.18. The van der Waals surface area contributed by atoms with Crippen LogP contribution in [-0.4, -0.2) is 12.7 Å². The highest BCUT2D eigenvalue weighted by Gasteiger charge is 2.20. The largest absolute Gasteiger partial charge is 0.378 e. The average molecular weight is 99.2 g/mol. The van der Waals surface area contributed by atoms with Crippen molar-refractivity contribution in [3.8, 4) is 0 Å². The number of rotatable bonds is 1. The van der Waals surface area contributed by atoms with Crippen molar-refractivity contribution in [1.82, 2.24) is 0 Å². The van der Waals surface area contributed by atoms with Crippen LogP contribution in [0.5, 0.6) is 0 Å². The van der Waals surface area contributed by atoms with E-state index < -0.39 is 0 Å². The van der Waals surface area contributed by atoms with Crippen molar-refractivity contribution in [3.63, 3.8) is 0 Å². The summed E-state index contributed by atoms with van der Waals surface area (Å²) in [5, 5.41) is 0. The van der Waals surface area contributed by atoms with Gasteiger partial charge in [-0.2, -0.15) is 0 Å². The highest BCUT2D eigenvalue weighted by atomic mass is 16.5. The Kier molecular flexibility index (Phi) is 1.33. The highest BCUT2D eigenvalue weighted by Crippen LogP contribution is 2.18. The molecule has 7 heavy (non-hydrogen) atoms. The van der Waals surface area contributed by atoms with Gasteiger partial charge in [-0.1, -0.05) is 6.92 Å². The van der Waals surface area contributed by atoms with E-state index in [2.05, 4.69) is 13.8 Å². The SMILES string of the molecule is [CH2]C(C)C1CCO1. The van der Waals surface area contributed by atoms with Crippen LogP contribution in [0.3, 0.4) is 0 Å². The molecule has 0 aliphatic carbocycles. The summed E-state index contributed by atoms with van der Waals surface area (Å²) >= 11 is 0. The second kappa shape index (κ2) is 1.83. The van der Waals surface area contributed by atoms with Crippen LogP contribution in [0.25, 0.3) is 0 Å². The van der Waals surface area contributed by atoms with Gasteiger partial charge in [-0.05, 0) is 19.3 Å². The van der Waals surface area contributed by atoms with E-state index in [1.54, 1.807) is 0 Å². The van der Waals surface area contributed by atoms with Gasteiger partial charge in [0.15, 0.2) is 0 Å². The van der Waals surface area contributed by atoms with E-state index in [1.165, 1.54) is 6.42 Å². The van der Waals surface area contributed by atoms with E-state index in [9.17, 15) is 0 Å². The lowest BCUT2D eigenvalue weighted by molar-refractivity contribution is -0.0707. The number of ether oxygens (including phenoxy) is 1. The topological polar surface area (TPSA) is 9.23 Å². The third-order valence-electron chi connectivity index (χ3n) is 1.37. The molecule has 0 N–H and O–H groups in total. The smallest absolute Gasteiger partial charge is 0.0622 e. The van der Waals surface area contributed by atoms with Crippen LogP contribution < -0.4 is 0 Å². The van der Waals surface area contributed by atoms with Crippen molar-refractivity contribution < 1.29 is 4.74 Å². The molecule has 0 bridgehead atoms. The van der Waals surface area contributed by atoms with Crippen molar-refractivity contribution in [3.05, 3.63) is 6.92 Å². The molecular formula is C6H11O. The van der Waals surface area contributed by atoms with Gasteiger partial charge >= 0.3 is 0 Å². The lowest BCUT2D eigenvalue weighted by atomic mass is 10.0. The quantitative estimate of drug-likeness (QED) is 0.480. The Balaban J connectivity index is 2.14. The summed E-state index contributed by atoms with van der Waals surface area (Å²) in [6.07, 6.45) is 1.69. The molecule has 41 valence electrons. The summed E-state index contributed by atoms with van der Waals surface area (Å²) in [6.45, 7) is 6.87. The molecule has 1 heteroatoms. The van der Waals surface area contributed by atoms with Gasteiger partial charge in [0.25, 0.3) is 0 Å². The van der Waals surface area contributed by atoms with E-state index in [0.717, 1.165) is 6.61 Å². The van der Waals surface area contributed by atoms with Gasteiger partial charge in [-0.15, -0.1) is 0 Å². The molecule has 1 nitrogen and oxygen atoms in total. The van der Waals surface area contributed by atoms with Gasteiger partial charge in [-0.25, -0.2) is 0 Å². The zero-order valence-corrected chi connectivity index (χ0v) is 4.68. The number of hydrogen-bond acceptors (Lipinski definition) is 1. The van der Waals surface area contributed by atoms with Gasteiger partial charge < -0.3 is 4.74 Å². The first kappa shape index (κ1) is 5.10. The van der Waals surface area contributed by atoms with E-state index in [4.69, 9.17) is 4.74 Å².